The van der Waals surface area contributed by atoms with Crippen LogP contribution in [0.5, 0.6) is 11.5 Å². The van der Waals surface area contributed by atoms with E-state index in [0.717, 1.165) is 55.6 Å². The summed E-state index contributed by atoms with van der Waals surface area (Å²) in [5.74, 6) is -0.315. The van der Waals surface area contributed by atoms with Crippen LogP contribution in [0.15, 0.2) is 24.4 Å². The van der Waals surface area contributed by atoms with Crippen LogP contribution in [0.2, 0.25) is 0 Å². The molecule has 0 saturated carbocycles. The largest absolute Gasteiger partial charge is 0.507 e. The zero-order valence-electron chi connectivity index (χ0n) is 13.7. The lowest BCUT2D eigenvalue weighted by molar-refractivity contribution is -0.120. The highest BCUT2D eigenvalue weighted by Crippen LogP contribution is 2.42. The fourth-order valence-corrected chi connectivity index (χ4v) is 3.85. The molecule has 0 spiro atoms. The number of benzene rings is 1. The Bertz CT molecular complexity index is 861. The number of aromatic hydroxyl groups is 1. The molecule has 3 heterocycles. The zero-order chi connectivity index (χ0) is 17.4. The van der Waals surface area contributed by atoms with E-state index in [0.29, 0.717) is 0 Å². The molecular formula is C19H18N2O4. The second-order valence-corrected chi connectivity index (χ2v) is 6.35. The highest BCUT2D eigenvalue weighted by molar-refractivity contribution is 6.12. The van der Waals surface area contributed by atoms with Crippen molar-refractivity contribution in [3.8, 4) is 11.5 Å². The maximum atomic E-state index is 13.0. The van der Waals surface area contributed by atoms with E-state index in [9.17, 15) is 14.7 Å². The molecular weight excluding hydrogens is 320 g/mol. The maximum Gasteiger partial charge on any atom is 0.298 e. The van der Waals surface area contributed by atoms with Crippen LogP contribution in [-0.4, -0.2) is 35.4 Å². The summed E-state index contributed by atoms with van der Waals surface area (Å²) in [7, 11) is 0. The SMILES string of the molecule is O=COc1cccnc1C(=O)c1cc2c3c(c1O)CCCN3CCC2. The molecule has 2 aromatic rings. The van der Waals surface area contributed by atoms with Crippen LogP contribution < -0.4 is 9.64 Å². The summed E-state index contributed by atoms with van der Waals surface area (Å²) >= 11 is 0. The fourth-order valence-electron chi connectivity index (χ4n) is 3.85. The number of aromatic nitrogens is 1. The van der Waals surface area contributed by atoms with Gasteiger partial charge in [0.1, 0.15) is 5.75 Å². The van der Waals surface area contributed by atoms with Crippen LogP contribution in [0, 0.1) is 0 Å². The van der Waals surface area contributed by atoms with Gasteiger partial charge in [-0.05, 0) is 49.4 Å². The Balaban J connectivity index is 1.84. The second-order valence-electron chi connectivity index (χ2n) is 6.35. The van der Waals surface area contributed by atoms with Crippen LogP contribution in [0.1, 0.15) is 40.0 Å². The number of rotatable bonds is 4. The molecule has 1 aromatic heterocycles. The van der Waals surface area contributed by atoms with Crippen molar-refractivity contribution >= 4 is 17.9 Å². The number of hydrogen-bond acceptors (Lipinski definition) is 6. The number of hydrogen-bond donors (Lipinski definition) is 1. The Morgan fingerprint density at radius 2 is 2.08 bits per heavy atom. The summed E-state index contributed by atoms with van der Waals surface area (Å²) in [5, 5.41) is 10.8. The lowest BCUT2D eigenvalue weighted by Crippen LogP contribution is -2.34. The minimum atomic E-state index is -0.434. The van der Waals surface area contributed by atoms with Gasteiger partial charge in [-0.1, -0.05) is 0 Å². The minimum Gasteiger partial charge on any atom is -0.507 e. The van der Waals surface area contributed by atoms with Crippen LogP contribution in [0.3, 0.4) is 0 Å². The number of phenols is 1. The van der Waals surface area contributed by atoms with Gasteiger partial charge >= 0.3 is 0 Å². The lowest BCUT2D eigenvalue weighted by atomic mass is 9.87. The Labute approximate surface area is 145 Å². The van der Waals surface area contributed by atoms with Gasteiger partial charge in [-0.15, -0.1) is 0 Å². The van der Waals surface area contributed by atoms with Gasteiger partial charge in [-0.2, -0.15) is 0 Å². The first-order chi connectivity index (χ1) is 12.2. The van der Waals surface area contributed by atoms with E-state index in [1.807, 2.05) is 0 Å². The summed E-state index contributed by atoms with van der Waals surface area (Å²) in [6, 6.07) is 4.87. The van der Waals surface area contributed by atoms with Gasteiger partial charge in [0, 0.05) is 30.5 Å². The van der Waals surface area contributed by atoms with Crippen LogP contribution in [0.4, 0.5) is 5.69 Å². The number of aryl methyl sites for hydroxylation is 1. The first-order valence-corrected chi connectivity index (χ1v) is 8.43. The smallest absolute Gasteiger partial charge is 0.298 e. The average Bonchev–Trinajstić information content (AvgIpc) is 2.65. The molecule has 2 aliphatic rings. The van der Waals surface area contributed by atoms with E-state index in [4.69, 9.17) is 4.74 Å². The molecule has 0 amide bonds. The normalized spacial score (nSPS) is 15.4. The molecule has 0 bridgehead atoms. The van der Waals surface area contributed by atoms with Gasteiger partial charge in [0.15, 0.2) is 11.4 Å². The van der Waals surface area contributed by atoms with Gasteiger partial charge in [0.05, 0.1) is 5.56 Å². The number of carbonyl (C=O) groups excluding carboxylic acids is 2. The van der Waals surface area contributed by atoms with Crippen molar-refractivity contribution in [1.29, 1.82) is 0 Å². The van der Waals surface area contributed by atoms with Crippen molar-refractivity contribution < 1.29 is 19.4 Å². The number of nitrogens with zero attached hydrogens (tertiary/aromatic N) is 2. The molecule has 0 atom stereocenters. The van der Waals surface area contributed by atoms with Crippen molar-refractivity contribution in [1.82, 2.24) is 4.98 Å². The van der Waals surface area contributed by atoms with Crippen LogP contribution in [-0.2, 0) is 17.6 Å². The van der Waals surface area contributed by atoms with Crippen molar-refractivity contribution in [3.05, 3.63) is 46.8 Å². The molecule has 0 unspecified atom stereocenters. The van der Waals surface area contributed by atoms with Gasteiger partial charge in [-0.25, -0.2) is 4.98 Å². The number of ketones is 1. The molecule has 1 aromatic carbocycles. The van der Waals surface area contributed by atoms with Crippen LogP contribution in [0.25, 0.3) is 0 Å². The molecule has 2 aliphatic heterocycles. The van der Waals surface area contributed by atoms with E-state index in [1.165, 1.54) is 12.3 Å². The molecule has 0 fully saturated rings. The molecule has 4 rings (SSSR count). The van der Waals surface area contributed by atoms with Crippen molar-refractivity contribution in [2.75, 3.05) is 18.0 Å². The zero-order valence-corrected chi connectivity index (χ0v) is 13.7. The van der Waals surface area contributed by atoms with Gasteiger partial charge in [0.2, 0.25) is 5.78 Å². The standard InChI is InChI=1S/C19H18N2O4/c22-11-25-15-6-1-7-20-16(15)19(24)14-10-12-4-2-8-21-9-3-5-13(17(12)21)18(14)23/h1,6-7,10-11,23H,2-5,8-9H2. The predicted molar refractivity (Wildman–Crippen MR) is 91.3 cm³/mol. The molecule has 0 aliphatic carbocycles. The predicted octanol–water partition coefficient (Wildman–Crippen LogP) is 2.25. The number of pyridine rings is 1. The topological polar surface area (TPSA) is 79.7 Å². The number of anilines is 1. The quantitative estimate of drug-likeness (QED) is 0.680. The Hall–Kier alpha value is -2.89. The summed E-state index contributed by atoms with van der Waals surface area (Å²) in [6.45, 7) is 2.25. The summed E-state index contributed by atoms with van der Waals surface area (Å²) in [5.41, 5.74) is 3.29. The molecule has 0 saturated heterocycles. The molecule has 6 heteroatoms. The Morgan fingerprint density at radius 1 is 1.28 bits per heavy atom. The first-order valence-electron chi connectivity index (χ1n) is 8.43. The average molecular weight is 338 g/mol. The van der Waals surface area contributed by atoms with E-state index in [-0.39, 0.29) is 29.2 Å². The van der Waals surface area contributed by atoms with Crippen molar-refractivity contribution in [3.63, 3.8) is 0 Å². The Kier molecular flexibility index (Phi) is 3.87. The lowest BCUT2D eigenvalue weighted by Gasteiger charge is -2.37. The van der Waals surface area contributed by atoms with E-state index in [2.05, 4.69) is 9.88 Å². The molecule has 25 heavy (non-hydrogen) atoms. The number of phenolic OH excluding ortho intramolecular Hbond substituents is 1. The minimum absolute atomic E-state index is 0.0260. The molecule has 1 N–H and O–H groups in total. The second kappa shape index (κ2) is 6.20. The first kappa shape index (κ1) is 15.6. The van der Waals surface area contributed by atoms with E-state index < -0.39 is 5.78 Å². The maximum absolute atomic E-state index is 13.0. The summed E-state index contributed by atoms with van der Waals surface area (Å²) in [6.07, 6.45) is 5.10. The van der Waals surface area contributed by atoms with Gasteiger partial charge in [-0.3, -0.25) is 9.59 Å². The van der Waals surface area contributed by atoms with Crippen LogP contribution >= 0.6 is 0 Å². The van der Waals surface area contributed by atoms with E-state index in [1.54, 1.807) is 12.1 Å². The van der Waals surface area contributed by atoms with Crippen molar-refractivity contribution in [2.45, 2.75) is 25.7 Å². The fraction of sp³-hybridized carbons (Fsp3) is 0.316. The van der Waals surface area contributed by atoms with Gasteiger partial charge < -0.3 is 14.7 Å². The third kappa shape index (κ3) is 2.54. The summed E-state index contributed by atoms with van der Waals surface area (Å²) < 4.78 is 4.86. The number of carbonyl (C=O) groups is 2. The van der Waals surface area contributed by atoms with E-state index >= 15 is 0 Å². The molecule has 128 valence electrons. The summed E-state index contributed by atoms with van der Waals surface area (Å²) in [4.78, 5) is 30.0. The molecule has 0 radical (unpaired) electrons. The van der Waals surface area contributed by atoms with Crippen molar-refractivity contribution in [2.24, 2.45) is 0 Å². The van der Waals surface area contributed by atoms with Gasteiger partial charge in [0.25, 0.3) is 6.47 Å². The number of ether oxygens (including phenoxy) is 1. The third-order valence-electron chi connectivity index (χ3n) is 4.90. The monoisotopic (exact) mass is 338 g/mol. The highest BCUT2D eigenvalue weighted by atomic mass is 16.5. The Morgan fingerprint density at radius 3 is 2.88 bits per heavy atom. The third-order valence-corrected chi connectivity index (χ3v) is 4.90. The highest BCUT2D eigenvalue weighted by Gasteiger charge is 2.30. The molecule has 6 nitrogen and oxygen atoms in total.